The van der Waals surface area contributed by atoms with Gasteiger partial charge in [0.25, 0.3) is 0 Å². The van der Waals surface area contributed by atoms with Crippen LogP contribution in [0.5, 0.6) is 5.75 Å². The van der Waals surface area contributed by atoms with Crippen molar-refractivity contribution in [2.45, 2.75) is 55.1 Å². The Balaban J connectivity index is 1.41. The zero-order valence-corrected chi connectivity index (χ0v) is 19.5. The lowest BCUT2D eigenvalue weighted by molar-refractivity contribution is -0.120. The summed E-state index contributed by atoms with van der Waals surface area (Å²) >= 11 is 6.16. The number of benzene rings is 2. The number of fused-ring (bicyclic) bond motifs is 2. The number of piperidine rings is 2. The summed E-state index contributed by atoms with van der Waals surface area (Å²) < 4.78 is 33.9. The summed E-state index contributed by atoms with van der Waals surface area (Å²) in [4.78, 5) is 15.1. The maximum absolute atomic E-state index is 12.9. The van der Waals surface area contributed by atoms with Crippen LogP contribution < -0.4 is 14.8 Å². The number of nitrogens with zero attached hydrogens (tertiary/aromatic N) is 1. The third kappa shape index (κ3) is 5.26. The van der Waals surface area contributed by atoms with Crippen LogP contribution in [0, 0.1) is 0 Å². The van der Waals surface area contributed by atoms with Gasteiger partial charge in [-0.05, 0) is 49.9 Å². The first-order valence-corrected chi connectivity index (χ1v) is 12.7. The number of anilines is 1. The van der Waals surface area contributed by atoms with E-state index < -0.39 is 10.0 Å². The highest BCUT2D eigenvalue weighted by Gasteiger charge is 2.40. The molecular formula is C23H28ClN3O4S. The number of hydrogen-bond donors (Lipinski definition) is 2. The van der Waals surface area contributed by atoms with Crippen molar-refractivity contribution in [3.63, 3.8) is 0 Å². The summed E-state index contributed by atoms with van der Waals surface area (Å²) in [7, 11) is -2.14. The van der Waals surface area contributed by atoms with Crippen molar-refractivity contribution in [1.82, 2.24) is 9.62 Å². The molecule has 0 aromatic heterocycles. The van der Waals surface area contributed by atoms with Gasteiger partial charge in [-0.2, -0.15) is 0 Å². The maximum atomic E-state index is 12.9. The van der Waals surface area contributed by atoms with Gasteiger partial charge in [-0.3, -0.25) is 9.69 Å². The fourth-order valence-corrected chi connectivity index (χ4v) is 6.29. The summed E-state index contributed by atoms with van der Waals surface area (Å²) in [5.74, 6) is 0.398. The van der Waals surface area contributed by atoms with Gasteiger partial charge >= 0.3 is 0 Å². The van der Waals surface area contributed by atoms with Crippen LogP contribution in [0.2, 0.25) is 5.02 Å². The third-order valence-corrected chi connectivity index (χ3v) is 8.12. The second-order valence-corrected chi connectivity index (χ2v) is 10.5. The number of rotatable bonds is 7. The minimum Gasteiger partial charge on any atom is -0.497 e. The topological polar surface area (TPSA) is 87.7 Å². The highest BCUT2D eigenvalue weighted by Crippen LogP contribution is 2.34. The second-order valence-electron chi connectivity index (χ2n) is 8.41. The van der Waals surface area contributed by atoms with Gasteiger partial charge in [0.15, 0.2) is 0 Å². The number of carbonyl (C=O) groups is 1. The number of methoxy groups -OCH3 is 1. The molecule has 2 aliphatic rings. The van der Waals surface area contributed by atoms with Gasteiger partial charge in [0.05, 0.1) is 29.3 Å². The van der Waals surface area contributed by atoms with Gasteiger partial charge < -0.3 is 10.1 Å². The molecule has 2 N–H and O–H groups in total. The lowest BCUT2D eigenvalue weighted by Crippen LogP contribution is -2.58. The van der Waals surface area contributed by atoms with Crippen molar-refractivity contribution in [2.24, 2.45) is 0 Å². The first-order chi connectivity index (χ1) is 15.4. The molecule has 2 heterocycles. The molecule has 2 aromatic rings. The molecule has 2 unspecified atom stereocenters. The van der Waals surface area contributed by atoms with Crippen LogP contribution in [0.3, 0.4) is 0 Å². The highest BCUT2D eigenvalue weighted by atomic mass is 35.5. The molecule has 9 heteroatoms. The molecule has 172 valence electrons. The van der Waals surface area contributed by atoms with Gasteiger partial charge in [0.2, 0.25) is 15.9 Å². The van der Waals surface area contributed by atoms with Gasteiger partial charge in [-0.1, -0.05) is 36.2 Å². The molecule has 7 nitrogen and oxygen atoms in total. The third-order valence-electron chi connectivity index (χ3n) is 6.27. The molecule has 2 bridgehead atoms. The molecule has 4 rings (SSSR count). The lowest BCUT2D eigenvalue weighted by Gasteiger charge is -2.48. The average Bonchev–Trinajstić information content (AvgIpc) is 2.76. The maximum Gasteiger partial charge on any atom is 0.240 e. The normalized spacial score (nSPS) is 23.5. The SMILES string of the molecule is COc1cccc(S(=O)(=O)NC2CC3CCCC(C2)N3CC(=O)Nc2ccccc2Cl)c1. The minimum absolute atomic E-state index is 0.106. The number of nitrogens with one attached hydrogen (secondary N) is 2. The first kappa shape index (κ1) is 23.0. The van der Waals surface area contributed by atoms with Crippen molar-refractivity contribution in [3.8, 4) is 5.75 Å². The fraction of sp³-hybridized carbons (Fsp3) is 0.435. The quantitative estimate of drug-likeness (QED) is 0.635. The van der Waals surface area contributed by atoms with Gasteiger partial charge in [0, 0.05) is 24.2 Å². The Hall–Kier alpha value is -2.13. The second kappa shape index (κ2) is 9.79. The van der Waals surface area contributed by atoms with E-state index in [1.54, 1.807) is 30.3 Å². The van der Waals surface area contributed by atoms with Crippen LogP contribution >= 0.6 is 11.6 Å². The largest absolute Gasteiger partial charge is 0.497 e. The summed E-state index contributed by atoms with van der Waals surface area (Å²) in [5, 5.41) is 3.40. The van der Waals surface area contributed by atoms with Gasteiger partial charge in [-0.15, -0.1) is 0 Å². The van der Waals surface area contributed by atoms with E-state index in [1.807, 2.05) is 12.1 Å². The zero-order valence-electron chi connectivity index (χ0n) is 18.0. The van der Waals surface area contributed by atoms with E-state index in [0.29, 0.717) is 29.3 Å². The first-order valence-electron chi connectivity index (χ1n) is 10.8. The molecule has 32 heavy (non-hydrogen) atoms. The number of amides is 1. The number of sulfonamides is 1. The number of para-hydroxylation sites is 1. The van der Waals surface area contributed by atoms with E-state index in [2.05, 4.69) is 14.9 Å². The Morgan fingerprint density at radius 3 is 2.53 bits per heavy atom. The van der Waals surface area contributed by atoms with Crippen molar-refractivity contribution in [3.05, 3.63) is 53.6 Å². The monoisotopic (exact) mass is 477 g/mol. The van der Waals surface area contributed by atoms with Crippen molar-refractivity contribution < 1.29 is 17.9 Å². The van der Waals surface area contributed by atoms with E-state index in [4.69, 9.17) is 16.3 Å². The van der Waals surface area contributed by atoms with Gasteiger partial charge in [-0.25, -0.2) is 13.1 Å². The lowest BCUT2D eigenvalue weighted by atomic mass is 9.82. The van der Waals surface area contributed by atoms with Crippen molar-refractivity contribution >= 4 is 33.2 Å². The molecule has 0 radical (unpaired) electrons. The van der Waals surface area contributed by atoms with Crippen LogP contribution in [-0.4, -0.2) is 51.0 Å². The van der Waals surface area contributed by atoms with Crippen molar-refractivity contribution in [2.75, 3.05) is 19.0 Å². The summed E-state index contributed by atoms with van der Waals surface area (Å²) in [6.07, 6.45) is 4.35. The molecule has 2 aliphatic heterocycles. The Morgan fingerprint density at radius 1 is 1.12 bits per heavy atom. The van der Waals surface area contributed by atoms with Crippen LogP contribution in [0.25, 0.3) is 0 Å². The Bertz CT molecular complexity index is 1060. The molecular weight excluding hydrogens is 450 g/mol. The van der Waals surface area contributed by atoms with Crippen LogP contribution in [0.4, 0.5) is 5.69 Å². The molecule has 0 aliphatic carbocycles. The molecule has 2 aromatic carbocycles. The standard InChI is InChI=1S/C23H28ClN3O4S/c1-31-19-8-5-9-20(14-19)32(29,30)26-16-12-17-6-4-7-18(13-16)27(17)15-23(28)25-22-11-3-2-10-21(22)24/h2-3,5,8-11,14,16-18,26H,4,6-7,12-13,15H2,1H3,(H,25,28). The Labute approximate surface area is 194 Å². The molecule has 2 fully saturated rings. The molecule has 2 atom stereocenters. The van der Waals surface area contributed by atoms with Crippen LogP contribution in [0.15, 0.2) is 53.4 Å². The summed E-state index contributed by atoms with van der Waals surface area (Å²) in [6, 6.07) is 13.8. The highest BCUT2D eigenvalue weighted by molar-refractivity contribution is 7.89. The fourth-order valence-electron chi connectivity index (χ4n) is 4.81. The predicted octanol–water partition coefficient (Wildman–Crippen LogP) is 3.65. The summed E-state index contributed by atoms with van der Waals surface area (Å²) in [5.41, 5.74) is 0.602. The number of hydrogen-bond acceptors (Lipinski definition) is 5. The molecule has 1 amide bonds. The van der Waals surface area contributed by atoms with E-state index in [1.165, 1.54) is 13.2 Å². The van der Waals surface area contributed by atoms with Crippen LogP contribution in [0.1, 0.15) is 32.1 Å². The predicted molar refractivity (Wildman–Crippen MR) is 125 cm³/mol. The number of ether oxygens (including phenoxy) is 1. The van der Waals surface area contributed by atoms with Crippen molar-refractivity contribution in [1.29, 1.82) is 0 Å². The van der Waals surface area contributed by atoms with Crippen LogP contribution in [-0.2, 0) is 14.8 Å². The number of carbonyl (C=O) groups excluding carboxylic acids is 1. The average molecular weight is 478 g/mol. The molecule has 2 saturated heterocycles. The van der Waals surface area contributed by atoms with E-state index in [9.17, 15) is 13.2 Å². The number of halogens is 1. The van der Waals surface area contributed by atoms with Gasteiger partial charge in [0.1, 0.15) is 5.75 Å². The van der Waals surface area contributed by atoms with E-state index in [-0.39, 0.29) is 35.5 Å². The van der Waals surface area contributed by atoms with E-state index in [0.717, 1.165) is 19.3 Å². The molecule has 0 saturated carbocycles. The van der Waals surface area contributed by atoms with E-state index >= 15 is 0 Å². The zero-order chi connectivity index (χ0) is 22.7. The minimum atomic E-state index is -3.65. The molecule has 0 spiro atoms. The summed E-state index contributed by atoms with van der Waals surface area (Å²) in [6.45, 7) is 0.274. The Morgan fingerprint density at radius 2 is 1.84 bits per heavy atom. The smallest absolute Gasteiger partial charge is 0.240 e. The Kier molecular flexibility index (Phi) is 7.05.